The van der Waals surface area contributed by atoms with E-state index in [1.54, 1.807) is 0 Å². The molecule has 1 amide bonds. The molecule has 0 radical (unpaired) electrons. The first-order valence-electron chi connectivity index (χ1n) is 6.21. The Morgan fingerprint density at radius 3 is 2.35 bits per heavy atom. The van der Waals surface area contributed by atoms with E-state index >= 15 is 0 Å². The van der Waals surface area contributed by atoms with Gasteiger partial charge in [0.05, 0.1) is 27.7 Å². The quantitative estimate of drug-likeness (QED) is 0.211. The molecule has 0 aliphatic carbocycles. The molecule has 5 heteroatoms. The smallest absolute Gasteiger partial charge is 0.265 e. The van der Waals surface area contributed by atoms with Gasteiger partial charge in [-0.1, -0.05) is 18.0 Å². The van der Waals surface area contributed by atoms with E-state index in [9.17, 15) is 4.79 Å². The monoisotopic (exact) mass is 244 g/mol. The zero-order chi connectivity index (χ0) is 13.1. The Morgan fingerprint density at radius 2 is 1.76 bits per heavy atom. The van der Waals surface area contributed by atoms with Crippen LogP contribution in [-0.2, 0) is 4.79 Å². The topological polar surface area (TPSA) is 61.7 Å². The van der Waals surface area contributed by atoms with Crippen LogP contribution in [0.1, 0.15) is 32.1 Å². The number of carbonyl (C=O) groups is 1. The highest BCUT2D eigenvalue weighted by atomic mass is 16.4. The second-order valence-corrected chi connectivity index (χ2v) is 5.32. The van der Waals surface area contributed by atoms with E-state index in [1.807, 2.05) is 0 Å². The molecule has 0 fully saturated rings. The Hall–Kier alpha value is -1.10. The molecule has 0 aliphatic rings. The minimum absolute atomic E-state index is 0.336. The average Bonchev–Trinajstić information content (AvgIpc) is 2.21. The molecule has 100 valence electrons. The first-order valence-corrected chi connectivity index (χ1v) is 6.21. The van der Waals surface area contributed by atoms with Gasteiger partial charge in [-0.25, -0.2) is 0 Å². The van der Waals surface area contributed by atoms with E-state index in [4.69, 9.17) is 5.21 Å². The fourth-order valence-corrected chi connectivity index (χ4v) is 1.55. The zero-order valence-corrected chi connectivity index (χ0v) is 11.3. The van der Waals surface area contributed by atoms with Crippen molar-refractivity contribution in [3.05, 3.63) is 0 Å². The lowest BCUT2D eigenvalue weighted by atomic mass is 10.1. The molecule has 0 aliphatic heterocycles. The maximum absolute atomic E-state index is 10.9. The highest BCUT2D eigenvalue weighted by Crippen LogP contribution is 2.04. The fraction of sp³-hybridized carbons (Fsp3) is 0.833. The van der Waals surface area contributed by atoms with Crippen LogP contribution in [0.15, 0.2) is 5.16 Å². The van der Waals surface area contributed by atoms with Crippen molar-refractivity contribution in [3.63, 3.8) is 0 Å². The molecule has 0 aromatic rings. The van der Waals surface area contributed by atoms with Crippen molar-refractivity contribution < 1.29 is 14.5 Å². The third-order valence-electron chi connectivity index (χ3n) is 2.48. The molecular weight excluding hydrogens is 218 g/mol. The van der Waals surface area contributed by atoms with Crippen molar-refractivity contribution in [2.45, 2.75) is 32.1 Å². The highest BCUT2D eigenvalue weighted by Gasteiger charge is 2.04. The SMILES string of the molecule is C[N+](C)(C)CCCCCCCNC(=O)C=NO. The first kappa shape index (κ1) is 15.9. The molecule has 0 saturated heterocycles. The number of unbranched alkanes of at least 4 members (excludes halogenated alkanes) is 4. The van der Waals surface area contributed by atoms with E-state index < -0.39 is 0 Å². The Balaban J connectivity index is 3.22. The Labute approximate surface area is 104 Å². The summed E-state index contributed by atoms with van der Waals surface area (Å²) in [5.41, 5.74) is 0. The van der Waals surface area contributed by atoms with Crippen LogP contribution in [0.3, 0.4) is 0 Å². The molecular formula is C12H26N3O2+. The lowest BCUT2D eigenvalue weighted by Crippen LogP contribution is -2.35. The van der Waals surface area contributed by atoms with Gasteiger partial charge in [0.25, 0.3) is 5.91 Å². The maximum atomic E-state index is 10.9. The molecule has 0 spiro atoms. The van der Waals surface area contributed by atoms with Gasteiger partial charge in [0, 0.05) is 6.54 Å². The molecule has 5 nitrogen and oxygen atoms in total. The Kier molecular flexibility index (Phi) is 8.40. The second kappa shape index (κ2) is 8.98. The lowest BCUT2D eigenvalue weighted by Gasteiger charge is -2.23. The van der Waals surface area contributed by atoms with Crippen LogP contribution < -0.4 is 5.32 Å². The summed E-state index contributed by atoms with van der Waals surface area (Å²) >= 11 is 0. The number of rotatable bonds is 9. The molecule has 0 rings (SSSR count). The highest BCUT2D eigenvalue weighted by molar-refractivity contribution is 6.25. The van der Waals surface area contributed by atoms with Crippen molar-refractivity contribution >= 4 is 12.1 Å². The number of nitrogens with one attached hydrogen (secondary N) is 1. The van der Waals surface area contributed by atoms with Crippen molar-refractivity contribution in [2.75, 3.05) is 34.2 Å². The van der Waals surface area contributed by atoms with Gasteiger partial charge in [0.2, 0.25) is 0 Å². The summed E-state index contributed by atoms with van der Waals surface area (Å²) < 4.78 is 1.02. The third-order valence-corrected chi connectivity index (χ3v) is 2.48. The summed E-state index contributed by atoms with van der Waals surface area (Å²) in [4.78, 5) is 10.9. The van der Waals surface area contributed by atoms with Crippen LogP contribution in [0.2, 0.25) is 0 Å². The Bertz CT molecular complexity index is 234. The molecule has 0 saturated carbocycles. The predicted octanol–water partition coefficient (Wildman–Crippen LogP) is 1.22. The van der Waals surface area contributed by atoms with Crippen LogP contribution in [0.5, 0.6) is 0 Å². The van der Waals surface area contributed by atoms with Crippen molar-refractivity contribution in [1.82, 2.24) is 5.32 Å². The first-order chi connectivity index (χ1) is 7.95. The second-order valence-electron chi connectivity index (χ2n) is 5.32. The van der Waals surface area contributed by atoms with Gasteiger partial charge in [-0.15, -0.1) is 0 Å². The molecule has 0 aromatic carbocycles. The van der Waals surface area contributed by atoms with E-state index in [0.717, 1.165) is 23.5 Å². The van der Waals surface area contributed by atoms with Crippen molar-refractivity contribution in [1.29, 1.82) is 0 Å². The summed E-state index contributed by atoms with van der Waals surface area (Å²) in [5.74, 6) is -0.336. The molecule has 0 unspecified atom stereocenters. The number of hydrogen-bond donors (Lipinski definition) is 2. The maximum Gasteiger partial charge on any atom is 0.265 e. The molecule has 0 aromatic heterocycles. The number of nitrogens with zero attached hydrogens (tertiary/aromatic N) is 2. The largest absolute Gasteiger partial charge is 0.411 e. The summed E-state index contributed by atoms with van der Waals surface area (Å²) in [6.07, 6.45) is 6.71. The third kappa shape index (κ3) is 12.8. The van der Waals surface area contributed by atoms with Gasteiger partial charge >= 0.3 is 0 Å². The summed E-state index contributed by atoms with van der Waals surface area (Å²) in [6.45, 7) is 1.86. The minimum atomic E-state index is -0.336. The van der Waals surface area contributed by atoms with Gasteiger partial charge in [0.15, 0.2) is 0 Å². The number of carbonyl (C=O) groups excluding carboxylic acids is 1. The summed E-state index contributed by atoms with van der Waals surface area (Å²) in [6, 6.07) is 0. The average molecular weight is 244 g/mol. The van der Waals surface area contributed by atoms with Crippen LogP contribution in [0.4, 0.5) is 0 Å². The van der Waals surface area contributed by atoms with E-state index in [0.29, 0.717) is 6.54 Å². The van der Waals surface area contributed by atoms with Crippen LogP contribution in [-0.4, -0.2) is 56.0 Å². The fourth-order valence-electron chi connectivity index (χ4n) is 1.55. The van der Waals surface area contributed by atoms with Gasteiger partial charge in [-0.2, -0.15) is 0 Å². The standard InChI is InChI=1S/C12H25N3O2/c1-15(2,3)10-8-6-4-5-7-9-13-12(16)11-14-17/h11H,4-10H2,1-3H3,(H-,13,16,17)/p+1. The van der Waals surface area contributed by atoms with E-state index in [2.05, 4.69) is 31.6 Å². The predicted molar refractivity (Wildman–Crippen MR) is 69.3 cm³/mol. The van der Waals surface area contributed by atoms with E-state index in [1.165, 1.54) is 25.8 Å². The molecule has 0 heterocycles. The van der Waals surface area contributed by atoms with Gasteiger partial charge < -0.3 is 15.0 Å². The number of quaternary nitrogens is 1. The number of amides is 1. The van der Waals surface area contributed by atoms with Gasteiger partial charge in [-0.05, 0) is 19.3 Å². The number of hydrogen-bond acceptors (Lipinski definition) is 3. The molecule has 17 heavy (non-hydrogen) atoms. The van der Waals surface area contributed by atoms with Crippen LogP contribution in [0, 0.1) is 0 Å². The minimum Gasteiger partial charge on any atom is -0.411 e. The van der Waals surface area contributed by atoms with Gasteiger partial charge in [0.1, 0.15) is 6.21 Å². The van der Waals surface area contributed by atoms with Crippen molar-refractivity contribution in [2.24, 2.45) is 5.16 Å². The molecule has 0 bridgehead atoms. The molecule has 2 N–H and O–H groups in total. The summed E-state index contributed by atoms with van der Waals surface area (Å²) in [7, 11) is 6.62. The van der Waals surface area contributed by atoms with Crippen LogP contribution in [0.25, 0.3) is 0 Å². The van der Waals surface area contributed by atoms with Crippen LogP contribution >= 0.6 is 0 Å². The normalized spacial score (nSPS) is 11.9. The lowest BCUT2D eigenvalue weighted by molar-refractivity contribution is -0.870. The van der Waals surface area contributed by atoms with Gasteiger partial charge in [-0.3, -0.25) is 4.79 Å². The zero-order valence-electron chi connectivity index (χ0n) is 11.3. The van der Waals surface area contributed by atoms with Crippen molar-refractivity contribution in [3.8, 4) is 0 Å². The molecule has 0 atom stereocenters. The number of oxime groups is 1. The Morgan fingerprint density at radius 1 is 1.18 bits per heavy atom. The summed E-state index contributed by atoms with van der Waals surface area (Å²) in [5, 5.41) is 13.4. The van der Waals surface area contributed by atoms with E-state index in [-0.39, 0.29) is 5.91 Å².